The SMILES string of the molecule is O=C(NC1CCC2CC21CO)C1(c2ccn[nH]2)CCC1. The molecule has 1 amide bonds. The number of aromatic nitrogens is 2. The number of hydrogen-bond acceptors (Lipinski definition) is 3. The van der Waals surface area contributed by atoms with Crippen molar-refractivity contribution in [2.75, 3.05) is 6.61 Å². The van der Waals surface area contributed by atoms with Crippen LogP contribution in [0.5, 0.6) is 0 Å². The Kier molecular flexibility index (Phi) is 2.52. The summed E-state index contributed by atoms with van der Waals surface area (Å²) in [6, 6.07) is 2.07. The van der Waals surface area contributed by atoms with Gasteiger partial charge in [-0.25, -0.2) is 0 Å². The average Bonchev–Trinajstić information content (AvgIpc) is 2.73. The third-order valence-corrected chi connectivity index (χ3v) is 6.03. The summed E-state index contributed by atoms with van der Waals surface area (Å²) >= 11 is 0. The van der Waals surface area contributed by atoms with Gasteiger partial charge in [0, 0.05) is 17.7 Å². The smallest absolute Gasteiger partial charge is 0.232 e. The van der Waals surface area contributed by atoms with Crippen molar-refractivity contribution >= 4 is 5.91 Å². The molecule has 0 bridgehead atoms. The van der Waals surface area contributed by atoms with Gasteiger partial charge in [-0.3, -0.25) is 9.89 Å². The summed E-state index contributed by atoms with van der Waals surface area (Å²) in [6.45, 7) is 0.208. The number of rotatable bonds is 4. The molecule has 5 heteroatoms. The molecule has 4 rings (SSSR count). The molecule has 1 aromatic heterocycles. The second-order valence-electron chi connectivity index (χ2n) is 6.80. The molecule has 0 radical (unpaired) electrons. The van der Waals surface area contributed by atoms with E-state index >= 15 is 0 Å². The molecule has 0 aromatic carbocycles. The van der Waals surface area contributed by atoms with Crippen molar-refractivity contribution in [2.24, 2.45) is 11.3 Å². The summed E-state index contributed by atoms with van der Waals surface area (Å²) in [5.41, 5.74) is 0.527. The van der Waals surface area contributed by atoms with Gasteiger partial charge in [-0.1, -0.05) is 6.42 Å². The molecule has 0 spiro atoms. The first-order chi connectivity index (χ1) is 9.71. The summed E-state index contributed by atoms with van der Waals surface area (Å²) in [5, 5.41) is 19.9. The van der Waals surface area contributed by atoms with Crippen molar-refractivity contribution in [2.45, 2.75) is 50.0 Å². The average molecular weight is 275 g/mol. The second kappa shape index (κ2) is 4.07. The second-order valence-corrected chi connectivity index (χ2v) is 6.80. The van der Waals surface area contributed by atoms with E-state index in [0.29, 0.717) is 5.92 Å². The Balaban J connectivity index is 1.53. The van der Waals surface area contributed by atoms with E-state index in [9.17, 15) is 9.90 Å². The summed E-state index contributed by atoms with van der Waals surface area (Å²) in [4.78, 5) is 12.8. The summed E-state index contributed by atoms with van der Waals surface area (Å²) < 4.78 is 0. The summed E-state index contributed by atoms with van der Waals surface area (Å²) in [6.07, 6.45) is 7.81. The van der Waals surface area contributed by atoms with Gasteiger partial charge in [0.25, 0.3) is 0 Å². The Morgan fingerprint density at radius 2 is 2.35 bits per heavy atom. The molecule has 5 nitrogen and oxygen atoms in total. The van der Waals surface area contributed by atoms with Crippen molar-refractivity contribution < 1.29 is 9.90 Å². The molecule has 3 aliphatic carbocycles. The molecule has 1 heterocycles. The van der Waals surface area contributed by atoms with Crippen molar-refractivity contribution in [3.8, 4) is 0 Å². The summed E-state index contributed by atoms with van der Waals surface area (Å²) in [7, 11) is 0. The Hall–Kier alpha value is -1.36. The van der Waals surface area contributed by atoms with Crippen LogP contribution in [0.2, 0.25) is 0 Å². The maximum Gasteiger partial charge on any atom is 0.232 e. The molecule has 0 saturated heterocycles. The van der Waals surface area contributed by atoms with E-state index in [1.807, 2.05) is 6.07 Å². The van der Waals surface area contributed by atoms with Gasteiger partial charge in [0.15, 0.2) is 0 Å². The van der Waals surface area contributed by atoms with E-state index in [2.05, 4.69) is 15.5 Å². The van der Waals surface area contributed by atoms with Gasteiger partial charge in [0.05, 0.1) is 17.7 Å². The van der Waals surface area contributed by atoms with E-state index in [1.54, 1.807) is 6.20 Å². The van der Waals surface area contributed by atoms with Crippen LogP contribution in [0.3, 0.4) is 0 Å². The molecule has 3 aliphatic rings. The van der Waals surface area contributed by atoms with Crippen LogP contribution in [0.4, 0.5) is 0 Å². The van der Waals surface area contributed by atoms with Gasteiger partial charge in [-0.2, -0.15) is 5.10 Å². The quantitative estimate of drug-likeness (QED) is 0.770. The molecular weight excluding hydrogens is 254 g/mol. The number of fused-ring (bicyclic) bond motifs is 1. The minimum absolute atomic E-state index is 0.00537. The fourth-order valence-corrected chi connectivity index (χ4v) is 4.36. The zero-order valence-corrected chi connectivity index (χ0v) is 11.6. The molecule has 3 fully saturated rings. The highest BCUT2D eigenvalue weighted by molar-refractivity contribution is 5.89. The maximum atomic E-state index is 12.8. The lowest BCUT2D eigenvalue weighted by atomic mass is 9.65. The highest BCUT2D eigenvalue weighted by Crippen LogP contribution is 2.63. The molecule has 1 aromatic rings. The van der Waals surface area contributed by atoms with E-state index in [0.717, 1.165) is 44.2 Å². The van der Waals surface area contributed by atoms with Crippen LogP contribution in [0, 0.1) is 11.3 Å². The standard InChI is InChI=1S/C15H21N3O2/c19-9-15-8-10(15)2-3-11(15)17-13(20)14(5-1-6-14)12-4-7-16-18-12/h4,7,10-11,19H,1-3,5-6,8-9H2,(H,16,18)(H,17,20). The first kappa shape index (κ1) is 12.4. The predicted molar refractivity (Wildman–Crippen MR) is 72.9 cm³/mol. The van der Waals surface area contributed by atoms with Gasteiger partial charge in [0.2, 0.25) is 5.91 Å². The highest BCUT2D eigenvalue weighted by Gasteiger charge is 2.63. The van der Waals surface area contributed by atoms with Crippen LogP contribution in [0.1, 0.15) is 44.2 Å². The highest BCUT2D eigenvalue weighted by atomic mass is 16.3. The number of aromatic amines is 1. The van der Waals surface area contributed by atoms with Gasteiger partial charge in [0.1, 0.15) is 0 Å². The predicted octanol–water partition coefficient (Wildman–Crippen LogP) is 1.11. The number of carbonyl (C=O) groups is 1. The lowest BCUT2D eigenvalue weighted by Gasteiger charge is -2.40. The molecule has 20 heavy (non-hydrogen) atoms. The Bertz CT molecular complexity index is 519. The number of H-pyrrole nitrogens is 1. The summed E-state index contributed by atoms with van der Waals surface area (Å²) in [5.74, 6) is 0.751. The van der Waals surface area contributed by atoms with Gasteiger partial charge < -0.3 is 10.4 Å². The third kappa shape index (κ3) is 1.47. The number of nitrogens with one attached hydrogen (secondary N) is 2. The van der Waals surface area contributed by atoms with Crippen molar-refractivity contribution in [1.29, 1.82) is 0 Å². The zero-order valence-electron chi connectivity index (χ0n) is 11.6. The van der Waals surface area contributed by atoms with Crippen molar-refractivity contribution in [3.05, 3.63) is 18.0 Å². The monoisotopic (exact) mass is 275 g/mol. The third-order valence-electron chi connectivity index (χ3n) is 6.03. The largest absolute Gasteiger partial charge is 0.396 e. The van der Waals surface area contributed by atoms with Crippen LogP contribution in [-0.4, -0.2) is 33.9 Å². The number of hydrogen-bond donors (Lipinski definition) is 3. The first-order valence-electron chi connectivity index (χ1n) is 7.63. The van der Waals surface area contributed by atoms with Gasteiger partial charge in [-0.05, 0) is 44.1 Å². The van der Waals surface area contributed by atoms with E-state index in [-0.39, 0.29) is 24.0 Å². The minimum Gasteiger partial charge on any atom is -0.396 e. The van der Waals surface area contributed by atoms with Gasteiger partial charge >= 0.3 is 0 Å². The number of aliphatic hydroxyl groups is 1. The van der Waals surface area contributed by atoms with Crippen LogP contribution >= 0.6 is 0 Å². The Labute approximate surface area is 118 Å². The lowest BCUT2D eigenvalue weighted by Crippen LogP contribution is -2.54. The minimum atomic E-state index is -0.403. The lowest BCUT2D eigenvalue weighted by molar-refractivity contribution is -0.131. The fraction of sp³-hybridized carbons (Fsp3) is 0.733. The van der Waals surface area contributed by atoms with Gasteiger partial charge in [-0.15, -0.1) is 0 Å². The topological polar surface area (TPSA) is 78.0 Å². The van der Waals surface area contributed by atoms with Crippen LogP contribution in [0.25, 0.3) is 0 Å². The Morgan fingerprint density at radius 1 is 1.50 bits per heavy atom. The molecule has 0 aliphatic heterocycles. The first-order valence-corrected chi connectivity index (χ1v) is 7.63. The van der Waals surface area contributed by atoms with E-state index in [1.165, 1.54) is 0 Å². The zero-order chi connectivity index (χ0) is 13.8. The number of nitrogens with zero attached hydrogens (tertiary/aromatic N) is 1. The molecule has 108 valence electrons. The molecule has 3 saturated carbocycles. The molecule has 3 unspecified atom stereocenters. The molecule has 3 N–H and O–H groups in total. The van der Waals surface area contributed by atoms with Crippen LogP contribution < -0.4 is 5.32 Å². The fourth-order valence-electron chi connectivity index (χ4n) is 4.36. The number of amides is 1. The number of carbonyl (C=O) groups excluding carboxylic acids is 1. The van der Waals surface area contributed by atoms with E-state index < -0.39 is 5.41 Å². The number of aliphatic hydroxyl groups excluding tert-OH is 1. The van der Waals surface area contributed by atoms with Crippen molar-refractivity contribution in [3.63, 3.8) is 0 Å². The molecular formula is C15H21N3O2. The van der Waals surface area contributed by atoms with E-state index in [4.69, 9.17) is 0 Å². The Morgan fingerprint density at radius 3 is 2.90 bits per heavy atom. The van der Waals surface area contributed by atoms with Crippen molar-refractivity contribution in [1.82, 2.24) is 15.5 Å². The molecule has 3 atom stereocenters. The van der Waals surface area contributed by atoms with Crippen LogP contribution in [0.15, 0.2) is 12.3 Å². The maximum absolute atomic E-state index is 12.8. The normalized spacial score (nSPS) is 37.0. The van der Waals surface area contributed by atoms with Crippen LogP contribution in [-0.2, 0) is 10.2 Å².